The molecule has 0 fully saturated rings. The lowest BCUT2D eigenvalue weighted by molar-refractivity contribution is 0.0547. The minimum atomic E-state index is 0.210. The van der Waals surface area contributed by atoms with E-state index >= 15 is 0 Å². The van der Waals surface area contributed by atoms with Crippen LogP contribution in [0.5, 0.6) is 0 Å². The van der Waals surface area contributed by atoms with Crippen molar-refractivity contribution < 1.29 is 9.47 Å². The van der Waals surface area contributed by atoms with Crippen molar-refractivity contribution in [2.45, 2.75) is 39.2 Å². The van der Waals surface area contributed by atoms with Crippen molar-refractivity contribution in [3.63, 3.8) is 0 Å². The van der Waals surface area contributed by atoms with Crippen LogP contribution >= 0.6 is 0 Å². The van der Waals surface area contributed by atoms with Gasteiger partial charge in [0, 0.05) is 19.6 Å². The Morgan fingerprint density at radius 3 is 2.38 bits per heavy atom. The summed E-state index contributed by atoms with van der Waals surface area (Å²) in [6.07, 6.45) is 3.15. The maximum atomic E-state index is 5.57. The zero-order chi connectivity index (χ0) is 22.6. The van der Waals surface area contributed by atoms with E-state index in [0.717, 1.165) is 25.8 Å². The molecule has 5 N–H and O–H groups in total. The third-order valence-corrected chi connectivity index (χ3v) is 5.24. The molecule has 0 bridgehead atoms. The summed E-state index contributed by atoms with van der Waals surface area (Å²) >= 11 is 0. The first kappa shape index (κ1) is 24.2. The number of hydrogen-bond acceptors (Lipinski definition) is 9. The van der Waals surface area contributed by atoms with Gasteiger partial charge >= 0.3 is 0 Å². The quantitative estimate of drug-likeness (QED) is 0.308. The number of nitrogens with two attached hydrogens (primary N) is 1. The average molecular weight is 444 g/mol. The Hall–Kier alpha value is -2.49. The number of aryl methyl sites for hydroxylation is 1. The van der Waals surface area contributed by atoms with E-state index in [-0.39, 0.29) is 6.04 Å². The highest BCUT2D eigenvalue weighted by atomic mass is 16.5. The Bertz CT molecular complexity index is 819. The van der Waals surface area contributed by atoms with Gasteiger partial charge in [0.15, 0.2) is 0 Å². The zero-order valence-corrected chi connectivity index (χ0v) is 19.3. The molecular weight excluding hydrogens is 406 g/mol. The van der Waals surface area contributed by atoms with Crippen LogP contribution in [0.15, 0.2) is 24.3 Å². The van der Waals surface area contributed by atoms with Crippen molar-refractivity contribution >= 4 is 17.8 Å². The molecule has 9 heteroatoms. The number of nitrogens with one attached hydrogen (secondary N) is 3. The van der Waals surface area contributed by atoms with Crippen LogP contribution in [0.1, 0.15) is 43.9 Å². The van der Waals surface area contributed by atoms with Crippen molar-refractivity contribution in [2.75, 3.05) is 62.0 Å². The highest BCUT2D eigenvalue weighted by molar-refractivity contribution is 5.46. The number of anilines is 3. The maximum Gasteiger partial charge on any atom is 0.229 e. The minimum absolute atomic E-state index is 0.210. The first-order valence-corrected chi connectivity index (χ1v) is 11.6. The smallest absolute Gasteiger partial charge is 0.229 e. The van der Waals surface area contributed by atoms with Crippen LogP contribution in [0.25, 0.3) is 0 Å². The lowest BCUT2D eigenvalue weighted by atomic mass is 10.1. The average Bonchev–Trinajstić information content (AvgIpc) is 3.18. The fraction of sp³-hybridized carbons (Fsp3) is 0.609. The van der Waals surface area contributed by atoms with E-state index < -0.39 is 0 Å². The minimum Gasteiger partial charge on any atom is -0.378 e. The van der Waals surface area contributed by atoms with E-state index in [2.05, 4.69) is 69.0 Å². The normalized spacial score (nSPS) is 15.1. The number of hydrogen-bond donors (Lipinski definition) is 4. The lowest BCUT2D eigenvalue weighted by Gasteiger charge is -2.16. The van der Waals surface area contributed by atoms with E-state index in [1.54, 1.807) is 0 Å². The second-order valence-corrected chi connectivity index (χ2v) is 8.29. The number of ether oxygens (including phenoxy) is 2. The molecule has 9 nitrogen and oxygen atoms in total. The molecule has 1 unspecified atom stereocenters. The van der Waals surface area contributed by atoms with Crippen LogP contribution in [0, 0.1) is 5.92 Å². The van der Waals surface area contributed by atoms with E-state index in [4.69, 9.17) is 15.2 Å². The molecule has 0 aliphatic heterocycles. The van der Waals surface area contributed by atoms with E-state index in [9.17, 15) is 0 Å². The van der Waals surface area contributed by atoms with Crippen molar-refractivity contribution in [2.24, 2.45) is 11.7 Å². The molecule has 0 saturated carbocycles. The largest absolute Gasteiger partial charge is 0.378 e. The summed E-state index contributed by atoms with van der Waals surface area (Å²) in [7, 11) is 0. The van der Waals surface area contributed by atoms with E-state index in [1.807, 2.05) is 0 Å². The number of fused-ring (bicyclic) bond motifs is 1. The summed E-state index contributed by atoms with van der Waals surface area (Å²) in [6, 6.07) is 8.75. The van der Waals surface area contributed by atoms with Gasteiger partial charge in [0.2, 0.25) is 17.8 Å². The third-order valence-electron chi connectivity index (χ3n) is 5.24. The molecule has 32 heavy (non-hydrogen) atoms. The summed E-state index contributed by atoms with van der Waals surface area (Å²) < 4.78 is 10.9. The van der Waals surface area contributed by atoms with Gasteiger partial charge in [-0.1, -0.05) is 38.1 Å². The Morgan fingerprint density at radius 1 is 0.938 bits per heavy atom. The van der Waals surface area contributed by atoms with Crippen LogP contribution in [0.2, 0.25) is 0 Å². The molecule has 1 aromatic heterocycles. The Labute approximate surface area is 190 Å². The molecule has 0 saturated heterocycles. The molecular formula is C23H37N7O2. The Kier molecular flexibility index (Phi) is 9.93. The van der Waals surface area contributed by atoms with Crippen molar-refractivity contribution in [1.29, 1.82) is 0 Å². The highest BCUT2D eigenvalue weighted by Gasteiger charge is 2.23. The van der Waals surface area contributed by atoms with E-state index in [0.29, 0.717) is 63.3 Å². The summed E-state index contributed by atoms with van der Waals surface area (Å²) in [5.41, 5.74) is 8.10. The van der Waals surface area contributed by atoms with Crippen LogP contribution in [-0.4, -0.2) is 61.0 Å². The molecule has 1 aliphatic rings. The molecule has 0 spiro atoms. The standard InChI is InChI=1S/C23H37N7O2/c1-17(2)9-11-25-21-28-22(26-12-14-32-16-15-31-13-10-24)30-23(29-21)27-20-8-7-18-5-3-4-6-19(18)20/h3-6,17,20H,7-16,24H2,1-2H3,(H3,25,26,27,28,29,30). The summed E-state index contributed by atoms with van der Waals surface area (Å²) in [4.78, 5) is 13.7. The highest BCUT2D eigenvalue weighted by Crippen LogP contribution is 2.33. The molecule has 1 aromatic carbocycles. The van der Waals surface area contributed by atoms with Crippen molar-refractivity contribution in [1.82, 2.24) is 15.0 Å². The zero-order valence-electron chi connectivity index (χ0n) is 19.3. The monoisotopic (exact) mass is 443 g/mol. The predicted molar refractivity (Wildman–Crippen MR) is 128 cm³/mol. The van der Waals surface area contributed by atoms with Crippen LogP contribution in [-0.2, 0) is 15.9 Å². The van der Waals surface area contributed by atoms with Gasteiger partial charge in [-0.05, 0) is 36.3 Å². The molecule has 1 heterocycles. The van der Waals surface area contributed by atoms with Gasteiger partial charge in [0.05, 0.1) is 32.5 Å². The molecule has 176 valence electrons. The number of nitrogens with zero attached hydrogens (tertiary/aromatic N) is 3. The molecule has 0 amide bonds. The molecule has 2 aromatic rings. The lowest BCUT2D eigenvalue weighted by Crippen LogP contribution is -2.18. The molecule has 1 atom stereocenters. The Balaban J connectivity index is 1.57. The number of rotatable bonds is 15. The summed E-state index contributed by atoms with van der Waals surface area (Å²) in [5, 5.41) is 10.1. The Morgan fingerprint density at radius 2 is 1.62 bits per heavy atom. The van der Waals surface area contributed by atoms with Gasteiger partial charge in [-0.15, -0.1) is 0 Å². The number of benzene rings is 1. The van der Waals surface area contributed by atoms with Gasteiger partial charge in [-0.3, -0.25) is 0 Å². The summed E-state index contributed by atoms with van der Waals surface area (Å²) in [6.45, 7) is 8.51. The first-order chi connectivity index (χ1) is 15.7. The number of aromatic nitrogens is 3. The van der Waals surface area contributed by atoms with Gasteiger partial charge in [0.25, 0.3) is 0 Å². The van der Waals surface area contributed by atoms with Crippen molar-refractivity contribution in [3.05, 3.63) is 35.4 Å². The summed E-state index contributed by atoms with van der Waals surface area (Å²) in [5.74, 6) is 2.30. The van der Waals surface area contributed by atoms with Crippen LogP contribution < -0.4 is 21.7 Å². The first-order valence-electron chi connectivity index (χ1n) is 11.6. The topological polar surface area (TPSA) is 119 Å². The molecule has 3 rings (SSSR count). The van der Waals surface area contributed by atoms with E-state index in [1.165, 1.54) is 11.1 Å². The fourth-order valence-corrected chi connectivity index (χ4v) is 3.57. The predicted octanol–water partition coefficient (Wildman–Crippen LogP) is 2.83. The van der Waals surface area contributed by atoms with Gasteiger partial charge in [-0.2, -0.15) is 15.0 Å². The SMILES string of the molecule is CC(C)CCNc1nc(NCCOCCOCCN)nc(NC2CCc3ccccc32)n1. The maximum absolute atomic E-state index is 5.57. The van der Waals surface area contributed by atoms with Gasteiger partial charge in [-0.25, -0.2) is 0 Å². The van der Waals surface area contributed by atoms with Crippen LogP contribution in [0.4, 0.5) is 17.8 Å². The molecule has 0 radical (unpaired) electrons. The van der Waals surface area contributed by atoms with Crippen molar-refractivity contribution in [3.8, 4) is 0 Å². The van der Waals surface area contributed by atoms with Crippen LogP contribution in [0.3, 0.4) is 0 Å². The van der Waals surface area contributed by atoms with Gasteiger partial charge < -0.3 is 31.2 Å². The second-order valence-electron chi connectivity index (χ2n) is 8.29. The molecule has 1 aliphatic carbocycles. The third kappa shape index (κ3) is 7.89. The van der Waals surface area contributed by atoms with Gasteiger partial charge in [0.1, 0.15) is 0 Å². The fourth-order valence-electron chi connectivity index (χ4n) is 3.57. The second kappa shape index (κ2) is 13.1.